The Morgan fingerprint density at radius 1 is 1.25 bits per heavy atom. The maximum atomic E-state index is 13.1. The zero-order chi connectivity index (χ0) is 14.5. The zero-order valence-electron chi connectivity index (χ0n) is 10.4. The van der Waals surface area contributed by atoms with Gasteiger partial charge in [-0.15, -0.1) is 0 Å². The van der Waals surface area contributed by atoms with Crippen LogP contribution >= 0.6 is 27.5 Å². The van der Waals surface area contributed by atoms with Crippen molar-refractivity contribution in [3.8, 4) is 0 Å². The highest BCUT2D eigenvalue weighted by molar-refractivity contribution is 9.09. The fourth-order valence-corrected chi connectivity index (χ4v) is 2.49. The molecule has 0 aliphatic heterocycles. The molecule has 0 aliphatic carbocycles. The molecule has 0 heterocycles. The first-order chi connectivity index (χ1) is 9.61. The summed E-state index contributed by atoms with van der Waals surface area (Å²) in [5, 5.41) is 3.40. The van der Waals surface area contributed by atoms with Crippen LogP contribution in [0.5, 0.6) is 0 Å². The molecule has 2 aromatic rings. The molecule has 104 valence electrons. The molecule has 0 aliphatic rings. The average Bonchev–Trinajstić information content (AvgIpc) is 2.48. The van der Waals surface area contributed by atoms with Crippen molar-refractivity contribution in [1.82, 2.24) is 5.32 Å². The number of hydrogen-bond donors (Lipinski definition) is 1. The second-order valence-electron chi connectivity index (χ2n) is 4.22. The summed E-state index contributed by atoms with van der Waals surface area (Å²) in [6.07, 6.45) is 0. The molecule has 0 aromatic heterocycles. The van der Waals surface area contributed by atoms with Crippen molar-refractivity contribution < 1.29 is 9.18 Å². The molecule has 0 radical (unpaired) electrons. The molecule has 1 unspecified atom stereocenters. The lowest BCUT2D eigenvalue weighted by Gasteiger charge is -2.16. The number of alkyl halides is 1. The predicted octanol–water partition coefficient (Wildman–Crippen LogP) is 4.35. The molecule has 5 heteroatoms. The molecule has 20 heavy (non-hydrogen) atoms. The number of carbonyl (C=O) groups excluding carboxylic acids is 1. The van der Waals surface area contributed by atoms with Gasteiger partial charge in [0, 0.05) is 10.9 Å². The van der Waals surface area contributed by atoms with E-state index in [4.69, 9.17) is 11.6 Å². The number of nitrogens with one attached hydrogen (secondary N) is 1. The van der Waals surface area contributed by atoms with Gasteiger partial charge in [-0.05, 0) is 23.8 Å². The summed E-state index contributed by atoms with van der Waals surface area (Å²) in [7, 11) is 0. The van der Waals surface area contributed by atoms with Gasteiger partial charge in [0.05, 0.1) is 11.1 Å². The van der Waals surface area contributed by atoms with E-state index in [2.05, 4.69) is 21.2 Å². The van der Waals surface area contributed by atoms with E-state index in [9.17, 15) is 9.18 Å². The van der Waals surface area contributed by atoms with E-state index < -0.39 is 5.82 Å². The van der Waals surface area contributed by atoms with Crippen LogP contribution in [-0.4, -0.2) is 11.2 Å². The number of halogens is 3. The minimum absolute atomic E-state index is 0.0623. The molecule has 2 aromatic carbocycles. The Morgan fingerprint density at radius 2 is 1.95 bits per heavy atom. The van der Waals surface area contributed by atoms with E-state index in [-0.39, 0.29) is 17.0 Å². The third-order valence-corrected chi connectivity index (χ3v) is 3.78. The summed E-state index contributed by atoms with van der Waals surface area (Å²) in [5.74, 6) is -0.830. The summed E-state index contributed by atoms with van der Waals surface area (Å²) >= 11 is 9.06. The fraction of sp³-hybridized carbons (Fsp3) is 0.133. The zero-order valence-corrected chi connectivity index (χ0v) is 12.8. The van der Waals surface area contributed by atoms with Gasteiger partial charge in [0.25, 0.3) is 5.91 Å². The highest BCUT2D eigenvalue weighted by Crippen LogP contribution is 2.19. The minimum Gasteiger partial charge on any atom is -0.344 e. The van der Waals surface area contributed by atoms with Crippen molar-refractivity contribution in [3.63, 3.8) is 0 Å². The third kappa shape index (κ3) is 3.58. The average molecular weight is 357 g/mol. The Morgan fingerprint density at radius 3 is 2.55 bits per heavy atom. The van der Waals surface area contributed by atoms with E-state index in [1.54, 1.807) is 0 Å². The van der Waals surface area contributed by atoms with E-state index in [1.165, 1.54) is 18.2 Å². The highest BCUT2D eigenvalue weighted by atomic mass is 79.9. The van der Waals surface area contributed by atoms with Gasteiger partial charge >= 0.3 is 0 Å². The van der Waals surface area contributed by atoms with E-state index in [0.29, 0.717) is 10.9 Å². The molecule has 0 saturated carbocycles. The van der Waals surface area contributed by atoms with Crippen molar-refractivity contribution in [2.24, 2.45) is 0 Å². The van der Waals surface area contributed by atoms with Gasteiger partial charge in [0.2, 0.25) is 0 Å². The normalized spacial score (nSPS) is 11.9. The van der Waals surface area contributed by atoms with Crippen LogP contribution in [0, 0.1) is 5.82 Å². The summed E-state index contributed by atoms with van der Waals surface area (Å²) in [5.41, 5.74) is 1.32. The lowest BCUT2D eigenvalue weighted by Crippen LogP contribution is -2.29. The lowest BCUT2D eigenvalue weighted by atomic mass is 10.1. The second-order valence-corrected chi connectivity index (χ2v) is 5.27. The van der Waals surface area contributed by atoms with Crippen molar-refractivity contribution in [1.29, 1.82) is 0 Å². The molecule has 0 spiro atoms. The van der Waals surface area contributed by atoms with Crippen LogP contribution in [0.3, 0.4) is 0 Å². The first kappa shape index (κ1) is 15.0. The van der Waals surface area contributed by atoms with Crippen molar-refractivity contribution in [2.75, 3.05) is 5.33 Å². The first-order valence-corrected chi connectivity index (χ1v) is 7.48. The molecule has 1 atom stereocenters. The van der Waals surface area contributed by atoms with Crippen LogP contribution in [0.2, 0.25) is 5.02 Å². The van der Waals surface area contributed by atoms with Gasteiger partial charge in [0.15, 0.2) is 0 Å². The molecular weight excluding hydrogens is 345 g/mol. The summed E-state index contributed by atoms with van der Waals surface area (Å²) in [6, 6.07) is 13.4. The van der Waals surface area contributed by atoms with Gasteiger partial charge in [-0.25, -0.2) is 4.39 Å². The molecular formula is C15H12BrClFNO. The van der Waals surface area contributed by atoms with Gasteiger partial charge in [-0.2, -0.15) is 0 Å². The van der Waals surface area contributed by atoms with Crippen molar-refractivity contribution in [3.05, 3.63) is 70.5 Å². The molecule has 2 rings (SSSR count). The van der Waals surface area contributed by atoms with E-state index in [0.717, 1.165) is 5.56 Å². The molecule has 1 N–H and O–H groups in total. The summed E-state index contributed by atoms with van der Waals surface area (Å²) in [4.78, 5) is 12.1. The van der Waals surface area contributed by atoms with Crippen LogP contribution < -0.4 is 5.32 Å². The van der Waals surface area contributed by atoms with E-state index in [1.807, 2.05) is 30.3 Å². The van der Waals surface area contributed by atoms with Gasteiger partial charge in [-0.3, -0.25) is 4.79 Å². The monoisotopic (exact) mass is 355 g/mol. The maximum Gasteiger partial charge on any atom is 0.251 e. The SMILES string of the molecule is O=C(NC(CBr)c1ccccc1)c1ccc(F)c(Cl)c1. The number of hydrogen-bond acceptors (Lipinski definition) is 1. The Hall–Kier alpha value is -1.39. The smallest absolute Gasteiger partial charge is 0.251 e. The molecule has 0 saturated heterocycles. The predicted molar refractivity (Wildman–Crippen MR) is 81.9 cm³/mol. The molecule has 0 bridgehead atoms. The largest absolute Gasteiger partial charge is 0.344 e. The second kappa shape index (κ2) is 6.86. The Bertz CT molecular complexity index is 606. The first-order valence-electron chi connectivity index (χ1n) is 5.98. The Labute approximate surface area is 130 Å². The van der Waals surface area contributed by atoms with Gasteiger partial charge in [0.1, 0.15) is 5.82 Å². The third-order valence-electron chi connectivity index (χ3n) is 2.84. The fourth-order valence-electron chi connectivity index (χ4n) is 1.78. The van der Waals surface area contributed by atoms with Crippen LogP contribution in [0.15, 0.2) is 48.5 Å². The van der Waals surface area contributed by atoms with E-state index >= 15 is 0 Å². The summed E-state index contributed by atoms with van der Waals surface area (Å²) in [6.45, 7) is 0. The minimum atomic E-state index is -0.539. The molecule has 0 fully saturated rings. The standard InChI is InChI=1S/C15H12BrClFNO/c16-9-14(10-4-2-1-3-5-10)19-15(20)11-6-7-13(18)12(17)8-11/h1-8,14H,9H2,(H,19,20). The van der Waals surface area contributed by atoms with Crippen LogP contribution in [-0.2, 0) is 0 Å². The number of rotatable bonds is 4. The topological polar surface area (TPSA) is 29.1 Å². The molecule has 1 amide bonds. The van der Waals surface area contributed by atoms with Crippen LogP contribution in [0.25, 0.3) is 0 Å². The van der Waals surface area contributed by atoms with Gasteiger partial charge < -0.3 is 5.32 Å². The maximum absolute atomic E-state index is 13.1. The summed E-state index contributed by atoms with van der Waals surface area (Å²) < 4.78 is 13.1. The van der Waals surface area contributed by atoms with Crippen LogP contribution in [0.4, 0.5) is 4.39 Å². The number of carbonyl (C=O) groups is 1. The number of benzene rings is 2. The van der Waals surface area contributed by atoms with Crippen molar-refractivity contribution >= 4 is 33.4 Å². The quantitative estimate of drug-likeness (QED) is 0.811. The number of amides is 1. The Balaban J connectivity index is 2.15. The lowest BCUT2D eigenvalue weighted by molar-refractivity contribution is 0.0940. The molecule has 2 nitrogen and oxygen atoms in total. The Kier molecular flexibility index (Phi) is 5.15. The highest BCUT2D eigenvalue weighted by Gasteiger charge is 2.15. The van der Waals surface area contributed by atoms with Crippen LogP contribution in [0.1, 0.15) is 22.0 Å². The van der Waals surface area contributed by atoms with Crippen molar-refractivity contribution in [2.45, 2.75) is 6.04 Å². The van der Waals surface area contributed by atoms with Gasteiger partial charge in [-0.1, -0.05) is 57.9 Å².